The van der Waals surface area contributed by atoms with Crippen LogP contribution in [0.5, 0.6) is 5.75 Å². The fourth-order valence-corrected chi connectivity index (χ4v) is 2.24. The lowest BCUT2D eigenvalue weighted by Gasteiger charge is -2.32. The van der Waals surface area contributed by atoms with Gasteiger partial charge in [-0.1, -0.05) is 17.7 Å². The van der Waals surface area contributed by atoms with Gasteiger partial charge in [-0.3, -0.25) is 0 Å². The molecule has 0 bridgehead atoms. The number of phenols is 1. The zero-order chi connectivity index (χ0) is 15.8. The van der Waals surface area contributed by atoms with Crippen LogP contribution in [0.15, 0.2) is 23.7 Å². The Kier molecular flexibility index (Phi) is 4.40. The first-order valence-corrected chi connectivity index (χ1v) is 7.29. The van der Waals surface area contributed by atoms with Gasteiger partial charge in [0.15, 0.2) is 0 Å². The molecule has 4 nitrogen and oxygen atoms in total. The van der Waals surface area contributed by atoms with Gasteiger partial charge in [-0.05, 0) is 51.4 Å². The number of phenolic OH excluding ortho intramolecular Hbond substituents is 1. The van der Waals surface area contributed by atoms with Gasteiger partial charge in [0.2, 0.25) is 0 Å². The van der Waals surface area contributed by atoms with E-state index in [4.69, 9.17) is 26.6 Å². The van der Waals surface area contributed by atoms with Gasteiger partial charge in [-0.25, -0.2) is 0 Å². The van der Waals surface area contributed by atoms with Crippen LogP contribution in [0.2, 0.25) is 5.02 Å². The van der Waals surface area contributed by atoms with Crippen molar-refractivity contribution in [3.8, 4) is 5.75 Å². The van der Waals surface area contributed by atoms with Crippen LogP contribution in [-0.2, 0) is 9.31 Å². The van der Waals surface area contributed by atoms with E-state index in [1.54, 1.807) is 24.3 Å². The van der Waals surface area contributed by atoms with Crippen molar-refractivity contribution >= 4 is 24.8 Å². The van der Waals surface area contributed by atoms with Crippen molar-refractivity contribution in [3.63, 3.8) is 0 Å². The molecule has 1 aromatic rings. The highest BCUT2D eigenvalue weighted by molar-refractivity contribution is 6.56. The maximum Gasteiger partial charge on any atom is 0.491 e. The molecule has 0 saturated carbocycles. The topological polar surface area (TPSA) is 64.7 Å². The third kappa shape index (κ3) is 3.26. The number of rotatable bonds is 3. The van der Waals surface area contributed by atoms with E-state index in [2.05, 4.69) is 0 Å². The van der Waals surface area contributed by atoms with Gasteiger partial charge < -0.3 is 20.1 Å². The van der Waals surface area contributed by atoms with E-state index in [-0.39, 0.29) is 12.3 Å². The Labute approximate surface area is 131 Å². The van der Waals surface area contributed by atoms with Gasteiger partial charge >= 0.3 is 7.12 Å². The Morgan fingerprint density at radius 3 is 2.38 bits per heavy atom. The standard InChI is InChI=1S/C15H21BClNO3/c1-14(2)15(3,4)21-16(20-14)11(9-18)7-10-8-12(17)5-6-13(10)19/h5-8,19H,9,18H2,1-4H3. The highest BCUT2D eigenvalue weighted by Gasteiger charge is 2.52. The van der Waals surface area contributed by atoms with Crippen LogP contribution in [0.3, 0.4) is 0 Å². The monoisotopic (exact) mass is 309 g/mol. The van der Waals surface area contributed by atoms with E-state index in [1.807, 2.05) is 27.7 Å². The third-order valence-corrected chi connectivity index (χ3v) is 4.36. The maximum atomic E-state index is 9.90. The third-order valence-electron chi connectivity index (χ3n) is 4.12. The minimum Gasteiger partial charge on any atom is -0.507 e. The second kappa shape index (κ2) is 5.65. The first-order chi connectivity index (χ1) is 9.66. The molecule has 0 radical (unpaired) electrons. The van der Waals surface area contributed by atoms with Crippen molar-refractivity contribution in [2.75, 3.05) is 6.54 Å². The molecule has 0 unspecified atom stereocenters. The highest BCUT2D eigenvalue weighted by Crippen LogP contribution is 2.39. The average molecular weight is 310 g/mol. The lowest BCUT2D eigenvalue weighted by atomic mass is 9.77. The Hall–Kier alpha value is -1.01. The van der Waals surface area contributed by atoms with Crippen LogP contribution in [0, 0.1) is 0 Å². The zero-order valence-electron chi connectivity index (χ0n) is 12.8. The quantitative estimate of drug-likeness (QED) is 0.842. The van der Waals surface area contributed by atoms with Crippen molar-refractivity contribution < 1.29 is 14.4 Å². The van der Waals surface area contributed by atoms with Crippen molar-refractivity contribution in [3.05, 3.63) is 34.3 Å². The molecule has 1 heterocycles. The smallest absolute Gasteiger partial charge is 0.491 e. The SMILES string of the molecule is CC1(C)OB(C(=Cc2cc(Cl)ccc2O)CN)OC1(C)C. The van der Waals surface area contributed by atoms with Crippen LogP contribution in [0.25, 0.3) is 6.08 Å². The van der Waals surface area contributed by atoms with E-state index in [9.17, 15) is 5.11 Å². The minimum atomic E-state index is -0.529. The summed E-state index contributed by atoms with van der Waals surface area (Å²) in [5.41, 5.74) is 6.32. The molecule has 0 aliphatic carbocycles. The summed E-state index contributed by atoms with van der Waals surface area (Å²) in [6, 6.07) is 4.86. The van der Waals surface area contributed by atoms with Gasteiger partial charge in [0.25, 0.3) is 0 Å². The molecular weight excluding hydrogens is 288 g/mol. The molecule has 1 aromatic carbocycles. The van der Waals surface area contributed by atoms with Gasteiger partial charge in [-0.15, -0.1) is 0 Å². The average Bonchev–Trinajstić information content (AvgIpc) is 2.59. The first kappa shape index (κ1) is 16.4. The minimum absolute atomic E-state index is 0.141. The summed E-state index contributed by atoms with van der Waals surface area (Å²) < 4.78 is 11.9. The molecule has 1 saturated heterocycles. The van der Waals surface area contributed by atoms with Crippen LogP contribution in [-0.4, -0.2) is 30.0 Å². The fraction of sp³-hybridized carbons (Fsp3) is 0.467. The largest absolute Gasteiger partial charge is 0.507 e. The highest BCUT2D eigenvalue weighted by atomic mass is 35.5. The molecule has 0 amide bonds. The molecule has 21 heavy (non-hydrogen) atoms. The van der Waals surface area contributed by atoms with Crippen molar-refractivity contribution in [1.82, 2.24) is 0 Å². The van der Waals surface area contributed by atoms with E-state index < -0.39 is 18.3 Å². The molecule has 0 spiro atoms. The second-order valence-electron chi connectivity index (χ2n) is 6.21. The zero-order valence-corrected chi connectivity index (χ0v) is 13.6. The van der Waals surface area contributed by atoms with Crippen molar-refractivity contribution in [2.45, 2.75) is 38.9 Å². The Morgan fingerprint density at radius 1 is 1.29 bits per heavy atom. The van der Waals surface area contributed by atoms with E-state index in [0.29, 0.717) is 10.6 Å². The summed E-state index contributed by atoms with van der Waals surface area (Å²) in [4.78, 5) is 0. The lowest BCUT2D eigenvalue weighted by molar-refractivity contribution is 0.00578. The number of benzene rings is 1. The summed E-state index contributed by atoms with van der Waals surface area (Å²) in [7, 11) is -0.529. The maximum absolute atomic E-state index is 9.90. The van der Waals surface area contributed by atoms with Crippen LogP contribution >= 0.6 is 11.6 Å². The van der Waals surface area contributed by atoms with Gasteiger partial charge in [0.1, 0.15) is 5.75 Å². The number of halogens is 1. The van der Waals surface area contributed by atoms with Crippen LogP contribution < -0.4 is 5.73 Å². The van der Waals surface area contributed by atoms with Gasteiger partial charge in [0.05, 0.1) is 11.2 Å². The predicted octanol–water partition coefficient (Wildman–Crippen LogP) is 3.02. The van der Waals surface area contributed by atoms with Gasteiger partial charge in [0, 0.05) is 17.1 Å². The summed E-state index contributed by atoms with van der Waals surface area (Å²) in [6.45, 7) is 8.20. The molecule has 3 N–H and O–H groups in total. The number of aromatic hydroxyl groups is 1. The molecule has 114 valence electrons. The van der Waals surface area contributed by atoms with E-state index in [0.717, 1.165) is 5.47 Å². The molecule has 1 aliphatic rings. The van der Waals surface area contributed by atoms with E-state index >= 15 is 0 Å². The summed E-state index contributed by atoms with van der Waals surface area (Å²) in [6.07, 6.45) is 1.77. The molecule has 1 aliphatic heterocycles. The fourth-order valence-electron chi connectivity index (χ4n) is 2.06. The summed E-state index contributed by atoms with van der Waals surface area (Å²) in [5.74, 6) is 0.141. The molecule has 1 fully saturated rings. The summed E-state index contributed by atoms with van der Waals surface area (Å²) >= 11 is 5.96. The molecule has 2 rings (SSSR count). The molecule has 0 atom stereocenters. The van der Waals surface area contributed by atoms with Crippen LogP contribution in [0.1, 0.15) is 33.3 Å². The van der Waals surface area contributed by atoms with Crippen molar-refractivity contribution in [2.24, 2.45) is 5.73 Å². The van der Waals surface area contributed by atoms with Crippen LogP contribution in [0.4, 0.5) is 0 Å². The summed E-state index contributed by atoms with van der Waals surface area (Å²) in [5, 5.41) is 10.4. The van der Waals surface area contributed by atoms with E-state index in [1.165, 1.54) is 0 Å². The van der Waals surface area contributed by atoms with Gasteiger partial charge in [-0.2, -0.15) is 0 Å². The normalized spacial score (nSPS) is 20.9. The number of nitrogens with two attached hydrogens (primary N) is 1. The Bertz CT molecular complexity index is 556. The number of hydrogen-bond donors (Lipinski definition) is 2. The Balaban J connectivity index is 2.33. The number of hydrogen-bond acceptors (Lipinski definition) is 4. The first-order valence-electron chi connectivity index (χ1n) is 6.91. The van der Waals surface area contributed by atoms with Crippen molar-refractivity contribution in [1.29, 1.82) is 0 Å². The Morgan fingerprint density at radius 2 is 1.86 bits per heavy atom. The molecular formula is C15H21BClNO3. The second-order valence-corrected chi connectivity index (χ2v) is 6.65. The predicted molar refractivity (Wildman–Crippen MR) is 86.2 cm³/mol. The molecule has 0 aromatic heterocycles. The lowest BCUT2D eigenvalue weighted by Crippen LogP contribution is -2.41. The molecule has 6 heteroatoms.